The molecule has 1 heterocycles. The molecule has 208 valence electrons. The van der Waals surface area contributed by atoms with E-state index in [2.05, 4.69) is 42.7 Å². The van der Waals surface area contributed by atoms with Gasteiger partial charge >= 0.3 is 0 Å². The van der Waals surface area contributed by atoms with E-state index in [9.17, 15) is 16.8 Å². The number of sulfone groups is 1. The zero-order valence-electron chi connectivity index (χ0n) is 22.3. The fourth-order valence-corrected chi connectivity index (χ4v) is 7.86. The minimum Gasteiger partial charge on any atom is -0.496 e. The van der Waals surface area contributed by atoms with Crippen LogP contribution in [0.25, 0.3) is 0 Å². The van der Waals surface area contributed by atoms with Gasteiger partial charge in [-0.15, -0.1) is 0 Å². The number of aryl methyl sites for hydroxylation is 1. The van der Waals surface area contributed by atoms with Crippen molar-refractivity contribution in [3.05, 3.63) is 47.1 Å². The summed E-state index contributed by atoms with van der Waals surface area (Å²) in [7, 11) is -5.97. The molecule has 1 aromatic rings. The van der Waals surface area contributed by atoms with Gasteiger partial charge in [-0.2, -0.15) is 8.42 Å². The van der Waals surface area contributed by atoms with Gasteiger partial charge in [0.25, 0.3) is 10.1 Å². The van der Waals surface area contributed by atoms with Crippen molar-refractivity contribution in [1.82, 2.24) is 10.6 Å². The number of hydrogen-bond acceptors (Lipinski definition) is 7. The monoisotopic (exact) mass is 554 g/mol. The average Bonchev–Trinajstić information content (AvgIpc) is 2.96. The number of unbranched alkanes of at least 4 members (excludes halogenated alkanes) is 1. The van der Waals surface area contributed by atoms with Crippen molar-refractivity contribution in [1.29, 1.82) is 0 Å². The van der Waals surface area contributed by atoms with Crippen LogP contribution in [0.15, 0.2) is 40.8 Å². The predicted octanol–water partition coefficient (Wildman–Crippen LogP) is 4.14. The van der Waals surface area contributed by atoms with Crippen molar-refractivity contribution in [2.75, 3.05) is 31.7 Å². The molecule has 0 spiro atoms. The first kappa shape index (κ1) is 29.8. The Hall–Kier alpha value is -1.72. The second-order valence-corrected chi connectivity index (χ2v) is 13.7. The van der Waals surface area contributed by atoms with Crippen molar-refractivity contribution in [2.24, 2.45) is 0 Å². The van der Waals surface area contributed by atoms with Gasteiger partial charge in [-0.3, -0.25) is 9.87 Å². The Morgan fingerprint density at radius 2 is 2.00 bits per heavy atom. The number of benzene rings is 1. The highest BCUT2D eigenvalue weighted by molar-refractivity contribution is 7.91. The molecule has 10 heteroatoms. The number of methoxy groups -OCH3 is 1. The Bertz CT molecular complexity index is 1210. The average molecular weight is 555 g/mol. The highest BCUT2D eigenvalue weighted by Crippen LogP contribution is 2.42. The van der Waals surface area contributed by atoms with Gasteiger partial charge in [-0.1, -0.05) is 44.9 Å². The summed E-state index contributed by atoms with van der Waals surface area (Å²) in [6.07, 6.45) is 12.8. The van der Waals surface area contributed by atoms with Crippen molar-refractivity contribution >= 4 is 20.0 Å². The van der Waals surface area contributed by atoms with Gasteiger partial charge in [0.2, 0.25) is 0 Å². The van der Waals surface area contributed by atoms with Crippen LogP contribution in [0.4, 0.5) is 0 Å². The number of ether oxygens (including phenoxy) is 1. The zero-order valence-corrected chi connectivity index (χ0v) is 23.9. The molecule has 2 aliphatic rings. The summed E-state index contributed by atoms with van der Waals surface area (Å²) < 4.78 is 64.2. The zero-order chi connectivity index (χ0) is 27.1. The molecule has 2 atom stereocenters. The highest BCUT2D eigenvalue weighted by Gasteiger charge is 2.42. The molecule has 1 aromatic carbocycles. The maximum Gasteiger partial charge on any atom is 0.266 e. The smallest absolute Gasteiger partial charge is 0.266 e. The van der Waals surface area contributed by atoms with Gasteiger partial charge in [-0.25, -0.2) is 8.42 Å². The van der Waals surface area contributed by atoms with Crippen molar-refractivity contribution in [2.45, 2.75) is 81.7 Å². The van der Waals surface area contributed by atoms with Crippen LogP contribution in [0.1, 0.15) is 76.0 Å². The van der Waals surface area contributed by atoms with Crippen LogP contribution in [0.3, 0.4) is 0 Å². The van der Waals surface area contributed by atoms with E-state index in [0.29, 0.717) is 30.0 Å². The predicted molar refractivity (Wildman–Crippen MR) is 148 cm³/mol. The van der Waals surface area contributed by atoms with Crippen molar-refractivity contribution in [3.8, 4) is 5.75 Å². The van der Waals surface area contributed by atoms with Crippen molar-refractivity contribution < 1.29 is 26.1 Å². The standard InChI is InChI=1S/C27H42N2O6S2/c1-4-6-14-27(5-2)20-36(30,31)25-18-22(13-10-15-28-16-17-37(32,33)34)24(35-3)19-23(25)26(29-27)21-11-8-7-9-12-21/h7-8,11,18-19,26,28-29H,4-6,9-10,12-17,20H2,1-3H3,(H,32,33,34)/t26-,27-/m1/s1. The van der Waals surface area contributed by atoms with E-state index in [1.165, 1.54) is 5.57 Å². The van der Waals surface area contributed by atoms with E-state index in [4.69, 9.17) is 9.29 Å². The van der Waals surface area contributed by atoms with Crippen LogP contribution in [0.2, 0.25) is 0 Å². The van der Waals surface area contributed by atoms with Gasteiger partial charge in [0.15, 0.2) is 9.84 Å². The largest absolute Gasteiger partial charge is 0.496 e. The summed E-state index contributed by atoms with van der Waals surface area (Å²) in [6.45, 7) is 4.88. The quantitative estimate of drug-likeness (QED) is 0.246. The Morgan fingerprint density at radius 1 is 1.22 bits per heavy atom. The normalized spacial score (nSPS) is 23.2. The maximum absolute atomic E-state index is 13.9. The van der Waals surface area contributed by atoms with Crippen molar-refractivity contribution in [3.63, 3.8) is 0 Å². The second kappa shape index (κ2) is 12.9. The first-order chi connectivity index (χ1) is 17.5. The van der Waals surface area contributed by atoms with Crippen LogP contribution in [-0.4, -0.2) is 58.6 Å². The summed E-state index contributed by atoms with van der Waals surface area (Å²) in [4.78, 5) is 0.377. The molecule has 0 fully saturated rings. The Balaban J connectivity index is 1.97. The van der Waals surface area contributed by atoms with E-state index in [-0.39, 0.29) is 24.1 Å². The molecule has 0 amide bonds. The third kappa shape index (κ3) is 7.89. The number of rotatable bonds is 13. The van der Waals surface area contributed by atoms with Gasteiger partial charge in [-0.05, 0) is 73.9 Å². The number of fused-ring (bicyclic) bond motifs is 1. The number of allylic oxidation sites excluding steroid dienone is 3. The van der Waals surface area contributed by atoms with Gasteiger partial charge in [0, 0.05) is 12.1 Å². The Kier molecular flexibility index (Phi) is 10.4. The van der Waals surface area contributed by atoms with Crippen LogP contribution in [-0.2, 0) is 26.4 Å². The molecule has 0 radical (unpaired) electrons. The fourth-order valence-electron chi connectivity index (χ4n) is 5.29. The summed E-state index contributed by atoms with van der Waals surface area (Å²) in [5.41, 5.74) is 2.24. The molecular weight excluding hydrogens is 512 g/mol. The second-order valence-electron chi connectivity index (χ2n) is 10.1. The molecule has 3 N–H and O–H groups in total. The first-order valence-corrected chi connectivity index (χ1v) is 16.5. The van der Waals surface area contributed by atoms with Crippen LogP contribution in [0, 0.1) is 0 Å². The summed E-state index contributed by atoms with van der Waals surface area (Å²) >= 11 is 0. The molecule has 0 bridgehead atoms. The first-order valence-electron chi connectivity index (χ1n) is 13.3. The molecule has 1 aliphatic carbocycles. The number of nitrogens with one attached hydrogen (secondary N) is 2. The van der Waals surface area contributed by atoms with Crippen LogP contribution in [0.5, 0.6) is 5.75 Å². The van der Waals surface area contributed by atoms with E-state index in [1.807, 2.05) is 6.07 Å². The van der Waals surface area contributed by atoms with E-state index < -0.39 is 25.5 Å². The van der Waals surface area contributed by atoms with E-state index in [0.717, 1.165) is 49.7 Å². The molecule has 0 unspecified atom stereocenters. The van der Waals surface area contributed by atoms with Crippen LogP contribution < -0.4 is 15.4 Å². The lowest BCUT2D eigenvalue weighted by Gasteiger charge is -2.37. The summed E-state index contributed by atoms with van der Waals surface area (Å²) in [6, 6.07) is 3.48. The third-order valence-electron chi connectivity index (χ3n) is 7.41. The van der Waals surface area contributed by atoms with E-state index >= 15 is 0 Å². The molecular formula is C27H42N2O6S2. The van der Waals surface area contributed by atoms with Gasteiger partial charge in [0.1, 0.15) is 5.75 Å². The fraction of sp³-hybridized carbons (Fsp3) is 0.630. The SMILES string of the molecule is CCCC[C@]1(CC)CS(=O)(=O)c2cc(CCCNCCS(=O)(=O)O)c(OC)cc2[C@@H](C2=CC=CCC2)N1. The third-order valence-corrected chi connectivity index (χ3v) is 10.1. The minimum atomic E-state index is -4.00. The van der Waals surface area contributed by atoms with Crippen LogP contribution >= 0.6 is 0 Å². The summed E-state index contributed by atoms with van der Waals surface area (Å²) in [5.74, 6) is 0.374. The lowest BCUT2D eigenvalue weighted by Crippen LogP contribution is -2.50. The maximum atomic E-state index is 13.9. The highest BCUT2D eigenvalue weighted by atomic mass is 32.2. The molecule has 1 aliphatic heterocycles. The lowest BCUT2D eigenvalue weighted by molar-refractivity contribution is 0.290. The topological polar surface area (TPSA) is 122 Å². The molecule has 0 aromatic heterocycles. The molecule has 0 saturated carbocycles. The molecule has 37 heavy (non-hydrogen) atoms. The Labute approximate surface area is 222 Å². The Morgan fingerprint density at radius 3 is 2.62 bits per heavy atom. The summed E-state index contributed by atoms with van der Waals surface area (Å²) in [5, 5.41) is 6.83. The molecule has 0 saturated heterocycles. The van der Waals surface area contributed by atoms with E-state index in [1.54, 1.807) is 13.2 Å². The minimum absolute atomic E-state index is 0.0616. The van der Waals surface area contributed by atoms with Gasteiger partial charge in [0.05, 0.1) is 29.6 Å². The number of hydrogen-bond donors (Lipinski definition) is 3. The van der Waals surface area contributed by atoms with Gasteiger partial charge < -0.3 is 10.1 Å². The lowest BCUT2D eigenvalue weighted by atomic mass is 9.85. The molecule has 8 nitrogen and oxygen atoms in total. The molecule has 3 rings (SSSR count).